The molecule has 1 amide bonds. The average molecular weight is 408 g/mol. The summed E-state index contributed by atoms with van der Waals surface area (Å²) in [7, 11) is 1.66. The van der Waals surface area contributed by atoms with E-state index in [9.17, 15) is 4.79 Å². The lowest BCUT2D eigenvalue weighted by Crippen LogP contribution is -2.34. The quantitative estimate of drug-likeness (QED) is 0.467. The fourth-order valence-corrected chi connectivity index (χ4v) is 3.37. The van der Waals surface area contributed by atoms with Gasteiger partial charge in [-0.15, -0.1) is 0 Å². The molecule has 0 unspecified atom stereocenters. The number of pyridine rings is 1. The van der Waals surface area contributed by atoms with Crippen molar-refractivity contribution in [1.29, 1.82) is 0 Å². The molecule has 0 aliphatic heterocycles. The fraction of sp³-hybridized carbons (Fsp3) is 0.440. The zero-order chi connectivity index (χ0) is 21.7. The Kier molecular flexibility index (Phi) is 7.14. The lowest BCUT2D eigenvalue weighted by Gasteiger charge is -2.24. The number of hydrogen-bond acceptors (Lipinski definition) is 3. The number of rotatable bonds is 9. The molecule has 2 heterocycles. The third kappa shape index (κ3) is 5.41. The Bertz CT molecular complexity index is 979. The average Bonchev–Trinajstić information content (AvgIpc) is 3.16. The summed E-state index contributed by atoms with van der Waals surface area (Å²) in [5.41, 5.74) is 3.36. The van der Waals surface area contributed by atoms with Gasteiger partial charge in [0.15, 0.2) is 0 Å². The molecule has 30 heavy (non-hydrogen) atoms. The molecule has 0 saturated heterocycles. The fourth-order valence-electron chi connectivity index (χ4n) is 3.37. The normalized spacial score (nSPS) is 11.4. The minimum atomic E-state index is 0.0924. The van der Waals surface area contributed by atoms with Crippen molar-refractivity contribution in [3.8, 4) is 17.0 Å². The molecule has 3 aromatic rings. The second-order valence-corrected chi connectivity index (χ2v) is 8.70. The van der Waals surface area contributed by atoms with Crippen molar-refractivity contribution in [1.82, 2.24) is 14.3 Å². The number of fused-ring (bicyclic) bond motifs is 1. The summed E-state index contributed by atoms with van der Waals surface area (Å²) in [5, 5.41) is 0. The third-order valence-electron chi connectivity index (χ3n) is 5.30. The molecule has 5 heteroatoms. The van der Waals surface area contributed by atoms with Gasteiger partial charge in [-0.1, -0.05) is 39.8 Å². The van der Waals surface area contributed by atoms with E-state index in [1.807, 2.05) is 58.1 Å². The highest BCUT2D eigenvalue weighted by Crippen LogP contribution is 2.24. The SMILES string of the molecule is COc1cccc(-c2cn3cc(C(=O)N(CCC(C)C)CCC(C)C)ccc3n2)c1. The summed E-state index contributed by atoms with van der Waals surface area (Å²) in [6.45, 7) is 10.4. The molecule has 5 nitrogen and oxygen atoms in total. The smallest absolute Gasteiger partial charge is 0.255 e. The Morgan fingerprint density at radius 3 is 2.37 bits per heavy atom. The zero-order valence-electron chi connectivity index (χ0n) is 18.8. The van der Waals surface area contributed by atoms with Crippen LogP contribution in [-0.4, -0.2) is 40.4 Å². The molecule has 0 spiro atoms. The Morgan fingerprint density at radius 2 is 1.73 bits per heavy atom. The molecule has 1 aromatic carbocycles. The number of carbonyl (C=O) groups is 1. The number of ether oxygens (including phenoxy) is 1. The predicted octanol–water partition coefficient (Wildman–Crippen LogP) is 5.54. The van der Waals surface area contributed by atoms with Crippen molar-refractivity contribution in [3.63, 3.8) is 0 Å². The van der Waals surface area contributed by atoms with E-state index in [4.69, 9.17) is 9.72 Å². The van der Waals surface area contributed by atoms with E-state index in [1.54, 1.807) is 7.11 Å². The highest BCUT2D eigenvalue weighted by atomic mass is 16.5. The Morgan fingerprint density at radius 1 is 1.03 bits per heavy atom. The molecular weight excluding hydrogens is 374 g/mol. The first-order valence-corrected chi connectivity index (χ1v) is 10.8. The van der Waals surface area contributed by atoms with E-state index in [0.29, 0.717) is 17.4 Å². The summed E-state index contributed by atoms with van der Waals surface area (Å²) in [6, 6.07) is 11.6. The van der Waals surface area contributed by atoms with E-state index in [1.165, 1.54) is 0 Å². The molecule has 0 saturated carbocycles. The largest absolute Gasteiger partial charge is 0.497 e. The van der Waals surface area contributed by atoms with Crippen molar-refractivity contribution in [2.75, 3.05) is 20.2 Å². The second-order valence-electron chi connectivity index (χ2n) is 8.70. The Labute approximate surface area is 179 Å². The van der Waals surface area contributed by atoms with Gasteiger partial charge in [0.05, 0.1) is 18.4 Å². The van der Waals surface area contributed by atoms with Gasteiger partial charge in [0.25, 0.3) is 5.91 Å². The van der Waals surface area contributed by atoms with Crippen molar-refractivity contribution in [2.24, 2.45) is 11.8 Å². The number of aromatic nitrogens is 2. The van der Waals surface area contributed by atoms with E-state index in [0.717, 1.165) is 48.6 Å². The number of hydrogen-bond donors (Lipinski definition) is 0. The van der Waals surface area contributed by atoms with E-state index in [2.05, 4.69) is 27.7 Å². The first kappa shape index (κ1) is 21.9. The summed E-state index contributed by atoms with van der Waals surface area (Å²) < 4.78 is 7.26. The van der Waals surface area contributed by atoms with Crippen molar-refractivity contribution < 1.29 is 9.53 Å². The monoisotopic (exact) mass is 407 g/mol. The van der Waals surface area contributed by atoms with Gasteiger partial charge in [-0.2, -0.15) is 0 Å². The van der Waals surface area contributed by atoms with Crippen LogP contribution in [0.3, 0.4) is 0 Å². The highest BCUT2D eigenvalue weighted by Gasteiger charge is 2.17. The van der Waals surface area contributed by atoms with Crippen LogP contribution in [0.2, 0.25) is 0 Å². The highest BCUT2D eigenvalue weighted by molar-refractivity contribution is 5.94. The minimum Gasteiger partial charge on any atom is -0.497 e. The number of benzene rings is 1. The predicted molar refractivity (Wildman–Crippen MR) is 122 cm³/mol. The van der Waals surface area contributed by atoms with E-state index < -0.39 is 0 Å². The van der Waals surface area contributed by atoms with Gasteiger partial charge in [-0.3, -0.25) is 4.79 Å². The van der Waals surface area contributed by atoms with Gasteiger partial charge >= 0.3 is 0 Å². The standard InChI is InChI=1S/C25H33N3O2/c1-18(2)11-13-27(14-12-19(3)4)25(29)21-9-10-24-26-23(17-28(24)16-21)20-7-6-8-22(15-20)30-5/h6-10,15-19H,11-14H2,1-5H3. The second kappa shape index (κ2) is 9.79. The minimum absolute atomic E-state index is 0.0924. The van der Waals surface area contributed by atoms with Gasteiger partial charge in [0.1, 0.15) is 11.4 Å². The Balaban J connectivity index is 1.85. The first-order valence-electron chi connectivity index (χ1n) is 10.8. The van der Waals surface area contributed by atoms with Gasteiger partial charge in [-0.25, -0.2) is 4.98 Å². The summed E-state index contributed by atoms with van der Waals surface area (Å²) in [6.07, 6.45) is 5.88. The van der Waals surface area contributed by atoms with Crippen LogP contribution in [0.4, 0.5) is 0 Å². The van der Waals surface area contributed by atoms with Gasteiger partial charge in [0.2, 0.25) is 0 Å². The van der Waals surface area contributed by atoms with Crippen molar-refractivity contribution in [2.45, 2.75) is 40.5 Å². The van der Waals surface area contributed by atoms with Crippen LogP contribution in [-0.2, 0) is 0 Å². The molecule has 0 aliphatic rings. The van der Waals surface area contributed by atoms with Crippen LogP contribution in [0.25, 0.3) is 16.9 Å². The van der Waals surface area contributed by atoms with Crippen molar-refractivity contribution >= 4 is 11.6 Å². The maximum Gasteiger partial charge on any atom is 0.255 e. The van der Waals surface area contributed by atoms with Gasteiger partial charge < -0.3 is 14.0 Å². The van der Waals surface area contributed by atoms with E-state index >= 15 is 0 Å². The molecule has 3 rings (SSSR count). The molecule has 0 aliphatic carbocycles. The Hall–Kier alpha value is -2.82. The summed E-state index contributed by atoms with van der Waals surface area (Å²) >= 11 is 0. The molecule has 0 atom stereocenters. The molecule has 2 aromatic heterocycles. The van der Waals surface area contributed by atoms with Crippen LogP contribution in [0, 0.1) is 11.8 Å². The molecule has 0 bridgehead atoms. The zero-order valence-corrected chi connectivity index (χ0v) is 18.8. The van der Waals surface area contributed by atoms with Crippen LogP contribution in [0.5, 0.6) is 5.75 Å². The number of carbonyl (C=O) groups excluding carboxylic acids is 1. The van der Waals surface area contributed by atoms with Gasteiger partial charge in [0, 0.05) is 31.0 Å². The number of imidazole rings is 1. The maximum absolute atomic E-state index is 13.2. The maximum atomic E-state index is 13.2. The lowest BCUT2D eigenvalue weighted by atomic mass is 10.1. The van der Waals surface area contributed by atoms with Crippen LogP contribution in [0.1, 0.15) is 50.9 Å². The summed E-state index contributed by atoms with van der Waals surface area (Å²) in [4.78, 5) is 20.0. The van der Waals surface area contributed by atoms with Crippen LogP contribution < -0.4 is 4.74 Å². The number of amides is 1. The van der Waals surface area contributed by atoms with Crippen LogP contribution in [0.15, 0.2) is 48.8 Å². The number of methoxy groups -OCH3 is 1. The topological polar surface area (TPSA) is 46.8 Å². The van der Waals surface area contributed by atoms with Crippen LogP contribution >= 0.6 is 0 Å². The third-order valence-corrected chi connectivity index (χ3v) is 5.30. The molecule has 0 N–H and O–H groups in total. The molecule has 0 fully saturated rings. The summed E-state index contributed by atoms with van der Waals surface area (Å²) in [5.74, 6) is 2.03. The molecular formula is C25H33N3O2. The first-order chi connectivity index (χ1) is 14.4. The lowest BCUT2D eigenvalue weighted by molar-refractivity contribution is 0.0740. The number of nitrogens with zero attached hydrogens (tertiary/aromatic N) is 3. The van der Waals surface area contributed by atoms with E-state index in [-0.39, 0.29) is 5.91 Å². The van der Waals surface area contributed by atoms with Crippen molar-refractivity contribution in [3.05, 3.63) is 54.4 Å². The van der Waals surface area contributed by atoms with Gasteiger partial charge in [-0.05, 0) is 48.9 Å². The molecule has 0 radical (unpaired) electrons. The molecule has 160 valence electrons.